The molecule has 7 heteroatoms. The van der Waals surface area contributed by atoms with Gasteiger partial charge in [-0.3, -0.25) is 4.31 Å². The molecule has 2 heterocycles. The third kappa shape index (κ3) is 3.36. The highest BCUT2D eigenvalue weighted by Crippen LogP contribution is 2.51. The lowest BCUT2D eigenvalue weighted by Gasteiger charge is -2.38. The molecule has 0 spiro atoms. The van der Waals surface area contributed by atoms with E-state index in [1.54, 1.807) is 12.1 Å². The maximum Gasteiger partial charge on any atom is 0.265 e. The lowest BCUT2D eigenvalue weighted by Crippen LogP contribution is -2.39. The molecule has 0 unspecified atom stereocenters. The number of nitriles is 1. The van der Waals surface area contributed by atoms with E-state index < -0.39 is 15.9 Å². The van der Waals surface area contributed by atoms with Gasteiger partial charge in [-0.25, -0.2) is 8.42 Å². The summed E-state index contributed by atoms with van der Waals surface area (Å²) in [6.07, 6.45) is 0. The van der Waals surface area contributed by atoms with Crippen molar-refractivity contribution in [2.24, 2.45) is 5.73 Å². The van der Waals surface area contributed by atoms with Gasteiger partial charge < -0.3 is 10.5 Å². The van der Waals surface area contributed by atoms with Crippen molar-refractivity contribution in [3.8, 4) is 6.07 Å². The number of fused-ring (bicyclic) bond motifs is 2. The van der Waals surface area contributed by atoms with Gasteiger partial charge in [0, 0.05) is 5.56 Å². The first kappa shape index (κ1) is 20.9. The fourth-order valence-electron chi connectivity index (χ4n) is 4.41. The molecule has 164 valence electrons. The minimum Gasteiger partial charge on any atom is -0.439 e. The van der Waals surface area contributed by atoms with Gasteiger partial charge in [0.25, 0.3) is 10.0 Å². The molecule has 0 aromatic heterocycles. The number of allylic oxidation sites excluding steroid dienone is 2. The Labute approximate surface area is 192 Å². The second kappa shape index (κ2) is 7.84. The first-order valence-corrected chi connectivity index (χ1v) is 11.9. The highest BCUT2D eigenvalue weighted by Gasteiger charge is 2.47. The average Bonchev–Trinajstić information content (AvgIpc) is 2.81. The van der Waals surface area contributed by atoms with Crippen LogP contribution in [0, 0.1) is 18.3 Å². The van der Waals surface area contributed by atoms with E-state index in [1.807, 2.05) is 73.7 Å². The van der Waals surface area contributed by atoms with E-state index >= 15 is 0 Å². The second-order valence-electron chi connectivity index (χ2n) is 8.05. The summed E-state index contributed by atoms with van der Waals surface area (Å²) in [6.45, 7) is 2.07. The van der Waals surface area contributed by atoms with E-state index in [1.165, 1.54) is 4.31 Å². The minimum absolute atomic E-state index is 0.0356. The number of nitrogens with two attached hydrogens (primary N) is 1. The van der Waals surface area contributed by atoms with Crippen molar-refractivity contribution in [1.29, 1.82) is 5.26 Å². The fraction of sp³-hybridized carbons (Fsp3) is 0.115. The van der Waals surface area contributed by atoms with Gasteiger partial charge >= 0.3 is 0 Å². The minimum atomic E-state index is -4.07. The van der Waals surface area contributed by atoms with E-state index in [0.29, 0.717) is 16.8 Å². The highest BCUT2D eigenvalue weighted by atomic mass is 32.2. The van der Waals surface area contributed by atoms with Crippen molar-refractivity contribution in [1.82, 2.24) is 0 Å². The standard InChI is InChI=1S/C26H21N3O3S/c1-17-8-7-11-19(14-17)23-21(15-27)26(28)32-24-20-12-5-6-13-22(20)29(33(30,31)25(23)24)16-18-9-3-2-4-10-18/h2-14,23H,16,28H2,1H3/t23-/m0/s1. The van der Waals surface area contributed by atoms with Gasteiger partial charge in [-0.05, 0) is 30.2 Å². The first-order chi connectivity index (χ1) is 15.9. The topological polar surface area (TPSA) is 96.4 Å². The van der Waals surface area contributed by atoms with Crippen molar-refractivity contribution in [2.75, 3.05) is 4.31 Å². The Bertz CT molecular complexity index is 1470. The summed E-state index contributed by atoms with van der Waals surface area (Å²) < 4.78 is 35.6. The third-order valence-electron chi connectivity index (χ3n) is 5.90. The van der Waals surface area contributed by atoms with Crippen LogP contribution in [-0.4, -0.2) is 8.42 Å². The predicted molar refractivity (Wildman–Crippen MR) is 127 cm³/mol. The third-order valence-corrected chi connectivity index (χ3v) is 7.79. The molecule has 1 atom stereocenters. The van der Waals surface area contributed by atoms with Crippen LogP contribution >= 0.6 is 0 Å². The van der Waals surface area contributed by atoms with Crippen molar-refractivity contribution in [2.45, 2.75) is 19.4 Å². The summed E-state index contributed by atoms with van der Waals surface area (Å²) in [5.74, 6) is -0.766. The Morgan fingerprint density at radius 3 is 2.48 bits per heavy atom. The van der Waals surface area contributed by atoms with Gasteiger partial charge in [0.15, 0.2) is 5.76 Å². The van der Waals surface area contributed by atoms with Crippen LogP contribution in [0.15, 0.2) is 95.2 Å². The Morgan fingerprint density at radius 2 is 1.76 bits per heavy atom. The first-order valence-electron chi connectivity index (χ1n) is 10.5. The number of anilines is 1. The van der Waals surface area contributed by atoms with Crippen molar-refractivity contribution in [3.63, 3.8) is 0 Å². The molecule has 0 saturated carbocycles. The van der Waals surface area contributed by atoms with Crippen LogP contribution in [0.1, 0.15) is 28.2 Å². The number of para-hydroxylation sites is 1. The zero-order valence-corrected chi connectivity index (χ0v) is 18.7. The number of hydrogen-bond acceptors (Lipinski definition) is 5. The van der Waals surface area contributed by atoms with Crippen LogP contribution in [-0.2, 0) is 21.3 Å². The van der Waals surface area contributed by atoms with Crippen LogP contribution < -0.4 is 10.0 Å². The van der Waals surface area contributed by atoms with Gasteiger partial charge in [0.2, 0.25) is 5.88 Å². The SMILES string of the molecule is Cc1cccc([C@H]2C(C#N)=C(N)OC3=C2S(=O)(=O)N(Cc2ccccc2)c2ccccc23)c1. The lowest BCUT2D eigenvalue weighted by molar-refractivity contribution is 0.357. The molecular formula is C26H21N3O3S. The summed E-state index contributed by atoms with van der Waals surface area (Å²) in [5, 5.41) is 9.92. The van der Waals surface area contributed by atoms with Crippen molar-refractivity contribution in [3.05, 3.63) is 117 Å². The van der Waals surface area contributed by atoms with Crippen LogP contribution in [0.4, 0.5) is 5.69 Å². The van der Waals surface area contributed by atoms with Crippen LogP contribution in [0.2, 0.25) is 0 Å². The highest BCUT2D eigenvalue weighted by molar-refractivity contribution is 7.96. The van der Waals surface area contributed by atoms with E-state index in [4.69, 9.17) is 10.5 Å². The maximum atomic E-state index is 14.2. The smallest absolute Gasteiger partial charge is 0.265 e. The van der Waals surface area contributed by atoms with Gasteiger partial charge in [0.05, 0.1) is 18.2 Å². The van der Waals surface area contributed by atoms with Gasteiger partial charge in [-0.1, -0.05) is 72.3 Å². The Hall–Kier alpha value is -4.02. The van der Waals surface area contributed by atoms with E-state index in [2.05, 4.69) is 6.07 Å². The fourth-order valence-corrected chi connectivity index (χ4v) is 6.32. The number of nitrogens with zero attached hydrogens (tertiary/aromatic N) is 2. The lowest BCUT2D eigenvalue weighted by atomic mass is 9.87. The monoisotopic (exact) mass is 455 g/mol. The quantitative estimate of drug-likeness (QED) is 0.626. The Kier molecular flexibility index (Phi) is 4.95. The Balaban J connectivity index is 1.78. The van der Waals surface area contributed by atoms with Gasteiger partial charge in [-0.15, -0.1) is 0 Å². The number of benzene rings is 3. The molecular weight excluding hydrogens is 434 g/mol. The molecule has 0 amide bonds. The van der Waals surface area contributed by atoms with Crippen LogP contribution in [0.5, 0.6) is 0 Å². The second-order valence-corrected chi connectivity index (χ2v) is 9.88. The number of aryl methyl sites for hydroxylation is 1. The van der Waals surface area contributed by atoms with E-state index in [0.717, 1.165) is 11.1 Å². The molecule has 0 fully saturated rings. The predicted octanol–water partition coefficient (Wildman–Crippen LogP) is 4.52. The van der Waals surface area contributed by atoms with Crippen molar-refractivity contribution >= 4 is 21.5 Å². The maximum absolute atomic E-state index is 14.2. The largest absolute Gasteiger partial charge is 0.439 e. The molecule has 0 bridgehead atoms. The number of rotatable bonds is 3. The number of hydrogen-bond donors (Lipinski definition) is 1. The molecule has 2 aliphatic heterocycles. The average molecular weight is 456 g/mol. The normalized spacial score (nSPS) is 18.8. The number of sulfonamides is 1. The summed E-state index contributed by atoms with van der Waals surface area (Å²) in [7, 11) is -4.07. The Morgan fingerprint density at radius 1 is 1.03 bits per heavy atom. The zero-order valence-electron chi connectivity index (χ0n) is 17.9. The molecule has 0 saturated heterocycles. The van der Waals surface area contributed by atoms with E-state index in [-0.39, 0.29) is 28.7 Å². The summed E-state index contributed by atoms with van der Waals surface area (Å²) in [5.41, 5.74) is 9.85. The van der Waals surface area contributed by atoms with Crippen molar-refractivity contribution < 1.29 is 13.2 Å². The molecule has 2 aliphatic rings. The number of ether oxygens (including phenoxy) is 1. The molecule has 5 rings (SSSR count). The summed E-state index contributed by atoms with van der Waals surface area (Å²) in [6, 6.07) is 26.1. The molecule has 6 nitrogen and oxygen atoms in total. The van der Waals surface area contributed by atoms with Crippen LogP contribution in [0.25, 0.3) is 5.76 Å². The molecule has 0 aliphatic carbocycles. The molecule has 0 radical (unpaired) electrons. The molecule has 2 N–H and O–H groups in total. The van der Waals surface area contributed by atoms with Gasteiger partial charge in [0.1, 0.15) is 16.5 Å². The molecule has 3 aromatic rings. The summed E-state index contributed by atoms with van der Waals surface area (Å²) in [4.78, 5) is 0.0356. The van der Waals surface area contributed by atoms with Gasteiger partial charge in [-0.2, -0.15) is 5.26 Å². The molecule has 3 aromatic carbocycles. The summed E-state index contributed by atoms with van der Waals surface area (Å²) >= 11 is 0. The van der Waals surface area contributed by atoms with E-state index in [9.17, 15) is 13.7 Å². The zero-order chi connectivity index (χ0) is 23.2. The molecule has 33 heavy (non-hydrogen) atoms. The van der Waals surface area contributed by atoms with Crippen LogP contribution in [0.3, 0.4) is 0 Å².